The van der Waals surface area contributed by atoms with E-state index >= 15 is 0 Å². The van der Waals surface area contributed by atoms with Crippen molar-refractivity contribution >= 4 is 27.8 Å². The van der Waals surface area contributed by atoms with E-state index in [1.54, 1.807) is 0 Å². The van der Waals surface area contributed by atoms with Crippen LogP contribution in [0, 0.1) is 0 Å². The highest BCUT2D eigenvalue weighted by Gasteiger charge is 2.39. The first kappa shape index (κ1) is 29.9. The molecule has 1 aliphatic rings. The van der Waals surface area contributed by atoms with Crippen molar-refractivity contribution in [2.75, 3.05) is 4.90 Å². The van der Waals surface area contributed by atoms with Crippen molar-refractivity contribution in [3.63, 3.8) is 0 Å². The van der Waals surface area contributed by atoms with Gasteiger partial charge in [-0.2, -0.15) is 0 Å². The molecule has 0 unspecified atom stereocenters. The van der Waals surface area contributed by atoms with Gasteiger partial charge in [0.1, 0.15) is 0 Å². The Balaban J connectivity index is 1.32. The van der Waals surface area contributed by atoms with E-state index in [2.05, 4.69) is 207 Å². The standard InChI is InChI=1S/C49H37N/c1-49(2)45-30-12-10-26-42(45)44-29-16-32-47(48(44)49)50(37-22-14-21-36(33-37)40-28-15-20-35-19-6-7-23-38(35)40)46-31-13-11-27-43(46)41-25-9-8-24-39(41)34-17-4-3-5-18-34/h3-33H,1-2H3. The number of para-hydroxylation sites is 1. The molecule has 0 spiro atoms. The van der Waals surface area contributed by atoms with Crippen LogP contribution < -0.4 is 4.90 Å². The van der Waals surface area contributed by atoms with Gasteiger partial charge in [0.05, 0.1) is 11.4 Å². The van der Waals surface area contributed by atoms with E-state index in [1.165, 1.54) is 72.1 Å². The van der Waals surface area contributed by atoms with E-state index in [-0.39, 0.29) is 5.41 Å². The Hall–Kier alpha value is -6.18. The molecule has 0 atom stereocenters. The molecule has 0 aromatic heterocycles. The maximum absolute atomic E-state index is 2.51. The van der Waals surface area contributed by atoms with Gasteiger partial charge in [0.2, 0.25) is 0 Å². The zero-order chi connectivity index (χ0) is 33.7. The molecule has 1 heteroatoms. The summed E-state index contributed by atoms with van der Waals surface area (Å²) in [6, 6.07) is 68.6. The Morgan fingerprint density at radius 1 is 0.380 bits per heavy atom. The second kappa shape index (κ2) is 12.1. The van der Waals surface area contributed by atoms with Gasteiger partial charge in [-0.3, -0.25) is 0 Å². The molecule has 1 aliphatic carbocycles. The topological polar surface area (TPSA) is 3.24 Å². The lowest BCUT2D eigenvalue weighted by atomic mass is 9.81. The fourth-order valence-electron chi connectivity index (χ4n) is 8.19. The van der Waals surface area contributed by atoms with Crippen LogP contribution in [-0.4, -0.2) is 0 Å². The number of hydrogen-bond donors (Lipinski definition) is 0. The molecule has 0 saturated heterocycles. The summed E-state index contributed by atoms with van der Waals surface area (Å²) in [4.78, 5) is 2.51. The molecule has 1 nitrogen and oxygen atoms in total. The van der Waals surface area contributed by atoms with Crippen LogP contribution in [0.25, 0.3) is 55.3 Å². The predicted molar refractivity (Wildman–Crippen MR) is 213 cm³/mol. The zero-order valence-corrected chi connectivity index (χ0v) is 28.3. The molecule has 50 heavy (non-hydrogen) atoms. The van der Waals surface area contributed by atoms with Crippen molar-refractivity contribution < 1.29 is 0 Å². The van der Waals surface area contributed by atoms with E-state index in [0.29, 0.717) is 0 Å². The normalized spacial score (nSPS) is 12.8. The third-order valence-corrected chi connectivity index (χ3v) is 10.5. The molecule has 8 aromatic rings. The summed E-state index contributed by atoms with van der Waals surface area (Å²) in [5.74, 6) is 0. The number of fused-ring (bicyclic) bond motifs is 4. The van der Waals surface area contributed by atoms with Gasteiger partial charge >= 0.3 is 0 Å². The van der Waals surface area contributed by atoms with E-state index in [9.17, 15) is 0 Å². The highest BCUT2D eigenvalue weighted by atomic mass is 15.1. The molecule has 0 heterocycles. The van der Waals surface area contributed by atoms with Crippen molar-refractivity contribution in [1.82, 2.24) is 0 Å². The fourth-order valence-corrected chi connectivity index (χ4v) is 8.19. The second-order valence-corrected chi connectivity index (χ2v) is 13.7. The van der Waals surface area contributed by atoms with Gasteiger partial charge in [-0.1, -0.05) is 178 Å². The molecule has 0 radical (unpaired) electrons. The van der Waals surface area contributed by atoms with E-state index in [0.717, 1.165) is 11.4 Å². The summed E-state index contributed by atoms with van der Waals surface area (Å²) in [5, 5.41) is 2.50. The number of hydrogen-bond acceptors (Lipinski definition) is 1. The lowest BCUT2D eigenvalue weighted by Gasteiger charge is -2.33. The molecule has 0 amide bonds. The molecule has 0 bridgehead atoms. The van der Waals surface area contributed by atoms with Gasteiger partial charge < -0.3 is 4.90 Å². The molecule has 0 fully saturated rings. The smallest absolute Gasteiger partial charge is 0.0540 e. The van der Waals surface area contributed by atoms with Crippen molar-refractivity contribution in [3.8, 4) is 44.5 Å². The molecule has 8 aromatic carbocycles. The van der Waals surface area contributed by atoms with Gasteiger partial charge in [0.15, 0.2) is 0 Å². The van der Waals surface area contributed by atoms with E-state index in [1.807, 2.05) is 0 Å². The van der Waals surface area contributed by atoms with Gasteiger partial charge in [-0.25, -0.2) is 0 Å². The van der Waals surface area contributed by atoms with Gasteiger partial charge in [-0.05, 0) is 85.1 Å². The predicted octanol–water partition coefficient (Wildman–Crippen LogP) is 13.6. The second-order valence-electron chi connectivity index (χ2n) is 13.7. The minimum atomic E-state index is -0.190. The Bertz CT molecular complexity index is 2520. The van der Waals surface area contributed by atoms with E-state index in [4.69, 9.17) is 0 Å². The van der Waals surface area contributed by atoms with Crippen LogP contribution in [0.1, 0.15) is 25.0 Å². The van der Waals surface area contributed by atoms with Crippen molar-refractivity contribution in [2.24, 2.45) is 0 Å². The molecule has 0 N–H and O–H groups in total. The maximum Gasteiger partial charge on any atom is 0.0540 e. The Labute approximate surface area is 294 Å². The zero-order valence-electron chi connectivity index (χ0n) is 28.3. The van der Waals surface area contributed by atoms with Crippen LogP contribution in [-0.2, 0) is 5.41 Å². The van der Waals surface area contributed by atoms with Crippen molar-refractivity contribution in [1.29, 1.82) is 0 Å². The maximum atomic E-state index is 2.51. The largest absolute Gasteiger partial charge is 0.310 e. The number of rotatable bonds is 6. The van der Waals surface area contributed by atoms with Crippen LogP contribution in [0.3, 0.4) is 0 Å². The van der Waals surface area contributed by atoms with Crippen molar-refractivity contribution in [2.45, 2.75) is 19.3 Å². The number of benzene rings is 8. The summed E-state index contributed by atoms with van der Waals surface area (Å²) in [6.45, 7) is 4.75. The van der Waals surface area contributed by atoms with Crippen LogP contribution in [0.5, 0.6) is 0 Å². The lowest BCUT2D eigenvalue weighted by molar-refractivity contribution is 0.661. The summed E-state index contributed by atoms with van der Waals surface area (Å²) in [5.41, 5.74) is 15.9. The molecular formula is C49H37N. The highest BCUT2D eigenvalue weighted by Crippen LogP contribution is 2.55. The van der Waals surface area contributed by atoms with Crippen LogP contribution in [0.4, 0.5) is 17.1 Å². The molecule has 0 saturated carbocycles. The van der Waals surface area contributed by atoms with E-state index < -0.39 is 0 Å². The monoisotopic (exact) mass is 639 g/mol. The Kier molecular flexibility index (Phi) is 7.21. The minimum Gasteiger partial charge on any atom is -0.310 e. The first-order valence-electron chi connectivity index (χ1n) is 17.5. The van der Waals surface area contributed by atoms with Gasteiger partial charge in [0.25, 0.3) is 0 Å². The lowest BCUT2D eigenvalue weighted by Crippen LogP contribution is -2.21. The van der Waals surface area contributed by atoms with Gasteiger partial charge in [-0.15, -0.1) is 0 Å². The third-order valence-electron chi connectivity index (χ3n) is 10.5. The first-order valence-corrected chi connectivity index (χ1v) is 17.5. The van der Waals surface area contributed by atoms with Crippen LogP contribution >= 0.6 is 0 Å². The average Bonchev–Trinajstić information content (AvgIpc) is 3.42. The first-order chi connectivity index (χ1) is 24.6. The van der Waals surface area contributed by atoms with Gasteiger partial charge in [0, 0.05) is 16.7 Å². The van der Waals surface area contributed by atoms with Crippen LogP contribution in [0.15, 0.2) is 188 Å². The Morgan fingerprint density at radius 3 is 1.80 bits per heavy atom. The quantitative estimate of drug-likeness (QED) is 0.175. The molecule has 9 rings (SSSR count). The van der Waals surface area contributed by atoms with Crippen LogP contribution in [0.2, 0.25) is 0 Å². The molecule has 238 valence electrons. The SMILES string of the molecule is CC1(C)c2ccccc2-c2cccc(N(c3cccc(-c4cccc5ccccc45)c3)c3ccccc3-c3ccccc3-c3ccccc3)c21. The summed E-state index contributed by atoms with van der Waals surface area (Å²) in [6.07, 6.45) is 0. The molecular weight excluding hydrogens is 603 g/mol. The number of nitrogens with zero attached hydrogens (tertiary/aromatic N) is 1. The molecule has 0 aliphatic heterocycles. The van der Waals surface area contributed by atoms with Crippen molar-refractivity contribution in [3.05, 3.63) is 199 Å². The Morgan fingerprint density at radius 2 is 0.940 bits per heavy atom. The summed E-state index contributed by atoms with van der Waals surface area (Å²) < 4.78 is 0. The summed E-state index contributed by atoms with van der Waals surface area (Å²) >= 11 is 0. The number of anilines is 3. The third kappa shape index (κ3) is 4.85. The fraction of sp³-hybridized carbons (Fsp3) is 0.0612. The summed E-state index contributed by atoms with van der Waals surface area (Å²) in [7, 11) is 0. The average molecular weight is 640 g/mol. The minimum absolute atomic E-state index is 0.190. The highest BCUT2D eigenvalue weighted by molar-refractivity contribution is 6.00.